The highest BCUT2D eigenvalue weighted by Gasteiger charge is 2.33. The summed E-state index contributed by atoms with van der Waals surface area (Å²) in [4.78, 5) is 25.6. The number of rotatable bonds is 2. The maximum Gasteiger partial charge on any atom is 0.328 e. The quantitative estimate of drug-likeness (QED) is 0.721. The Morgan fingerprint density at radius 1 is 1.44 bits per heavy atom. The normalized spacial score (nSPS) is 19.7. The number of ether oxygens (including phenoxy) is 1. The van der Waals surface area contributed by atoms with Gasteiger partial charge in [-0.2, -0.15) is 5.10 Å². The van der Waals surface area contributed by atoms with E-state index >= 15 is 0 Å². The lowest BCUT2D eigenvalue weighted by Crippen LogP contribution is -2.48. The molecule has 2 heterocycles. The zero-order valence-corrected chi connectivity index (χ0v) is 10.6. The lowest BCUT2D eigenvalue weighted by atomic mass is 10.0. The minimum Gasteiger partial charge on any atom is -0.467 e. The van der Waals surface area contributed by atoms with E-state index in [-0.39, 0.29) is 11.9 Å². The highest BCUT2D eigenvalue weighted by Crippen LogP contribution is 2.20. The number of amides is 1. The number of methoxy groups -OCH3 is 1. The molecule has 0 spiro atoms. The molecule has 0 aliphatic carbocycles. The van der Waals surface area contributed by atoms with Gasteiger partial charge in [0.1, 0.15) is 6.04 Å². The molecule has 1 aromatic rings. The SMILES string of the molecule is COC(=O)[C@@H]1CCCCN1C(=O)c1cnn(C)c1. The number of carbonyl (C=O) groups is 2. The van der Waals surface area contributed by atoms with Crippen LogP contribution in [0.15, 0.2) is 12.4 Å². The van der Waals surface area contributed by atoms with E-state index in [2.05, 4.69) is 5.10 Å². The Labute approximate surface area is 106 Å². The molecule has 2 rings (SSSR count). The standard InChI is InChI=1S/C12H17N3O3/c1-14-8-9(7-13-14)11(16)15-6-4-3-5-10(15)12(17)18-2/h7-8,10H,3-6H2,1-2H3/t10-/m0/s1. The summed E-state index contributed by atoms with van der Waals surface area (Å²) in [7, 11) is 3.11. The van der Waals surface area contributed by atoms with Gasteiger partial charge in [-0.15, -0.1) is 0 Å². The number of esters is 1. The van der Waals surface area contributed by atoms with Crippen LogP contribution in [-0.2, 0) is 16.6 Å². The first-order valence-corrected chi connectivity index (χ1v) is 6.01. The monoisotopic (exact) mass is 251 g/mol. The lowest BCUT2D eigenvalue weighted by molar-refractivity contribution is -0.147. The summed E-state index contributed by atoms with van der Waals surface area (Å²) in [5.41, 5.74) is 0.508. The number of piperidine rings is 1. The van der Waals surface area contributed by atoms with Gasteiger partial charge in [-0.25, -0.2) is 4.79 Å². The van der Waals surface area contributed by atoms with Crippen LogP contribution in [-0.4, -0.2) is 46.3 Å². The summed E-state index contributed by atoms with van der Waals surface area (Å²) in [5, 5.41) is 3.98. The molecule has 1 saturated heterocycles. The zero-order valence-electron chi connectivity index (χ0n) is 10.6. The van der Waals surface area contributed by atoms with Gasteiger partial charge < -0.3 is 9.64 Å². The summed E-state index contributed by atoms with van der Waals surface area (Å²) in [6, 6.07) is -0.462. The van der Waals surface area contributed by atoms with Crippen molar-refractivity contribution in [3.63, 3.8) is 0 Å². The molecular weight excluding hydrogens is 234 g/mol. The molecule has 1 amide bonds. The van der Waals surface area contributed by atoms with Crippen molar-refractivity contribution in [1.82, 2.24) is 14.7 Å². The first-order valence-electron chi connectivity index (χ1n) is 6.01. The summed E-state index contributed by atoms with van der Waals surface area (Å²) in [6.07, 6.45) is 5.70. The summed E-state index contributed by atoms with van der Waals surface area (Å²) in [5.74, 6) is -0.495. The lowest BCUT2D eigenvalue weighted by Gasteiger charge is -2.33. The van der Waals surface area contributed by atoms with Crippen LogP contribution >= 0.6 is 0 Å². The van der Waals surface area contributed by atoms with E-state index in [1.54, 1.807) is 22.8 Å². The zero-order chi connectivity index (χ0) is 13.1. The van der Waals surface area contributed by atoms with Crippen LogP contribution in [0.2, 0.25) is 0 Å². The van der Waals surface area contributed by atoms with Crippen molar-refractivity contribution in [2.75, 3.05) is 13.7 Å². The second-order valence-electron chi connectivity index (χ2n) is 4.44. The van der Waals surface area contributed by atoms with Gasteiger partial charge in [0.15, 0.2) is 0 Å². The van der Waals surface area contributed by atoms with Crippen molar-refractivity contribution in [2.24, 2.45) is 7.05 Å². The van der Waals surface area contributed by atoms with Crippen LogP contribution in [0.3, 0.4) is 0 Å². The molecule has 1 aliphatic heterocycles. The van der Waals surface area contributed by atoms with Crippen molar-refractivity contribution in [3.8, 4) is 0 Å². The second-order valence-corrected chi connectivity index (χ2v) is 4.44. The van der Waals surface area contributed by atoms with Gasteiger partial charge in [-0.3, -0.25) is 9.48 Å². The van der Waals surface area contributed by atoms with Crippen LogP contribution in [0.5, 0.6) is 0 Å². The highest BCUT2D eigenvalue weighted by atomic mass is 16.5. The van der Waals surface area contributed by atoms with Crippen molar-refractivity contribution >= 4 is 11.9 Å². The van der Waals surface area contributed by atoms with Crippen LogP contribution < -0.4 is 0 Å². The molecule has 0 saturated carbocycles. The predicted octanol–water partition coefficient (Wildman–Crippen LogP) is 0.588. The van der Waals surface area contributed by atoms with E-state index in [0.29, 0.717) is 18.5 Å². The maximum atomic E-state index is 12.3. The molecule has 0 radical (unpaired) electrons. The van der Waals surface area contributed by atoms with E-state index in [4.69, 9.17) is 4.74 Å². The number of carbonyl (C=O) groups excluding carboxylic acids is 2. The number of nitrogens with zero attached hydrogens (tertiary/aromatic N) is 3. The first-order chi connectivity index (χ1) is 8.63. The fourth-order valence-corrected chi connectivity index (χ4v) is 2.25. The average molecular weight is 251 g/mol. The van der Waals surface area contributed by atoms with Gasteiger partial charge in [-0.1, -0.05) is 0 Å². The van der Waals surface area contributed by atoms with Crippen molar-refractivity contribution in [2.45, 2.75) is 25.3 Å². The van der Waals surface area contributed by atoms with Gasteiger partial charge in [0.2, 0.25) is 0 Å². The van der Waals surface area contributed by atoms with E-state index < -0.39 is 6.04 Å². The molecule has 6 heteroatoms. The molecule has 6 nitrogen and oxygen atoms in total. The Bertz CT molecular complexity index is 455. The molecule has 0 aromatic carbocycles. The number of likely N-dealkylation sites (tertiary alicyclic amines) is 1. The summed E-state index contributed by atoms with van der Waals surface area (Å²) in [6.45, 7) is 0.591. The third kappa shape index (κ3) is 2.37. The average Bonchev–Trinajstić information content (AvgIpc) is 2.83. The van der Waals surface area contributed by atoms with Crippen molar-refractivity contribution in [1.29, 1.82) is 0 Å². The van der Waals surface area contributed by atoms with Gasteiger partial charge in [0.05, 0.1) is 18.9 Å². The van der Waals surface area contributed by atoms with Crippen LogP contribution in [0.1, 0.15) is 29.6 Å². The molecule has 0 unspecified atom stereocenters. The van der Waals surface area contributed by atoms with Crippen molar-refractivity contribution < 1.29 is 14.3 Å². The largest absolute Gasteiger partial charge is 0.467 e. The third-order valence-electron chi connectivity index (χ3n) is 3.19. The maximum absolute atomic E-state index is 12.3. The molecule has 18 heavy (non-hydrogen) atoms. The molecule has 0 N–H and O–H groups in total. The summed E-state index contributed by atoms with van der Waals surface area (Å²) < 4.78 is 6.33. The number of aryl methyl sites for hydroxylation is 1. The third-order valence-corrected chi connectivity index (χ3v) is 3.19. The highest BCUT2D eigenvalue weighted by molar-refractivity contribution is 5.96. The van der Waals surface area contributed by atoms with Crippen molar-refractivity contribution in [3.05, 3.63) is 18.0 Å². The van der Waals surface area contributed by atoms with E-state index in [1.165, 1.54) is 13.3 Å². The molecular formula is C12H17N3O3. The number of hydrogen-bond acceptors (Lipinski definition) is 4. The Hall–Kier alpha value is -1.85. The smallest absolute Gasteiger partial charge is 0.328 e. The van der Waals surface area contributed by atoms with Gasteiger partial charge in [0, 0.05) is 19.8 Å². The van der Waals surface area contributed by atoms with E-state index in [9.17, 15) is 9.59 Å². The van der Waals surface area contributed by atoms with Crippen LogP contribution in [0.25, 0.3) is 0 Å². The molecule has 1 aliphatic rings. The van der Waals surface area contributed by atoms with Crippen LogP contribution in [0, 0.1) is 0 Å². The van der Waals surface area contributed by atoms with Crippen LogP contribution in [0.4, 0.5) is 0 Å². The predicted molar refractivity (Wildman–Crippen MR) is 63.9 cm³/mol. The van der Waals surface area contributed by atoms with E-state index in [1.807, 2.05) is 0 Å². The Morgan fingerprint density at radius 3 is 2.83 bits per heavy atom. The Morgan fingerprint density at radius 2 is 2.22 bits per heavy atom. The van der Waals surface area contributed by atoms with Gasteiger partial charge >= 0.3 is 5.97 Å². The fraction of sp³-hybridized carbons (Fsp3) is 0.583. The van der Waals surface area contributed by atoms with E-state index in [0.717, 1.165) is 12.8 Å². The van der Waals surface area contributed by atoms with Gasteiger partial charge in [-0.05, 0) is 19.3 Å². The molecule has 0 bridgehead atoms. The molecule has 98 valence electrons. The molecule has 1 atom stereocenters. The fourth-order valence-electron chi connectivity index (χ4n) is 2.25. The number of aromatic nitrogens is 2. The summed E-state index contributed by atoms with van der Waals surface area (Å²) >= 11 is 0. The second kappa shape index (κ2) is 5.20. The minimum absolute atomic E-state index is 0.154. The minimum atomic E-state index is -0.462. The van der Waals surface area contributed by atoms with Gasteiger partial charge in [0.25, 0.3) is 5.91 Å². The number of hydrogen-bond donors (Lipinski definition) is 0. The Kier molecular flexibility index (Phi) is 3.64. The molecule has 1 aromatic heterocycles. The Balaban J connectivity index is 2.18. The molecule has 1 fully saturated rings. The topological polar surface area (TPSA) is 64.4 Å². The first kappa shape index (κ1) is 12.6.